The van der Waals surface area contributed by atoms with Crippen LogP contribution in [-0.4, -0.2) is 24.1 Å². The van der Waals surface area contributed by atoms with Gasteiger partial charge >= 0.3 is 0 Å². The van der Waals surface area contributed by atoms with Crippen molar-refractivity contribution in [2.75, 3.05) is 0 Å². The second kappa shape index (κ2) is 9.34. The highest BCUT2D eigenvalue weighted by Crippen LogP contribution is 2.25. The van der Waals surface area contributed by atoms with Crippen molar-refractivity contribution in [3.8, 4) is 0 Å². The Labute approximate surface area is 172 Å². The minimum Gasteiger partial charge on any atom is -0.447 e. The van der Waals surface area contributed by atoms with E-state index in [1.807, 2.05) is 13.8 Å². The number of nitrogens with one attached hydrogen (secondary N) is 2. The standard InChI is InChI=1S/C17H16Br2ClN3O3/c1-9(2)14(22-16(24)10-3-5-11(20)6-4-10)17(25)23-21-8-12-7-13(18)15(19)26-12/h3-9,14H,1-2H3,(H,22,24)(H,23,25). The molecule has 0 aliphatic rings. The predicted octanol–water partition coefficient (Wildman–Crippen LogP) is 4.36. The molecule has 138 valence electrons. The number of carbonyl (C=O) groups is 2. The zero-order valence-corrected chi connectivity index (χ0v) is 17.9. The normalized spacial score (nSPS) is 12.4. The molecule has 1 heterocycles. The summed E-state index contributed by atoms with van der Waals surface area (Å²) in [4.78, 5) is 24.7. The van der Waals surface area contributed by atoms with Crippen LogP contribution < -0.4 is 10.7 Å². The lowest BCUT2D eigenvalue weighted by Crippen LogP contribution is -2.48. The third kappa shape index (κ3) is 5.69. The number of furan rings is 1. The van der Waals surface area contributed by atoms with Crippen LogP contribution in [-0.2, 0) is 4.79 Å². The number of nitrogens with zero attached hydrogens (tertiary/aromatic N) is 1. The second-order valence-corrected chi connectivity index (χ2v) is 7.72. The van der Waals surface area contributed by atoms with Crippen LogP contribution in [0.15, 0.2) is 49.0 Å². The summed E-state index contributed by atoms with van der Waals surface area (Å²) in [6, 6.07) is 7.37. The summed E-state index contributed by atoms with van der Waals surface area (Å²) in [5.41, 5.74) is 2.83. The largest absolute Gasteiger partial charge is 0.447 e. The number of amides is 2. The zero-order chi connectivity index (χ0) is 19.3. The van der Waals surface area contributed by atoms with E-state index in [-0.39, 0.29) is 11.8 Å². The lowest BCUT2D eigenvalue weighted by Gasteiger charge is -2.20. The van der Waals surface area contributed by atoms with Gasteiger partial charge in [-0.3, -0.25) is 9.59 Å². The Bertz CT molecular complexity index is 800. The van der Waals surface area contributed by atoms with E-state index in [4.69, 9.17) is 16.0 Å². The highest BCUT2D eigenvalue weighted by molar-refractivity contribution is 9.13. The fourth-order valence-corrected chi connectivity index (χ4v) is 2.75. The average molecular weight is 506 g/mol. The predicted molar refractivity (Wildman–Crippen MR) is 107 cm³/mol. The van der Waals surface area contributed by atoms with Gasteiger partial charge < -0.3 is 9.73 Å². The van der Waals surface area contributed by atoms with Crippen molar-refractivity contribution >= 4 is 61.5 Å². The molecule has 0 fully saturated rings. The van der Waals surface area contributed by atoms with Crippen LogP contribution in [0.2, 0.25) is 5.02 Å². The van der Waals surface area contributed by atoms with Gasteiger partial charge in [0.15, 0.2) is 4.67 Å². The monoisotopic (exact) mass is 503 g/mol. The fraction of sp³-hybridized carbons (Fsp3) is 0.235. The van der Waals surface area contributed by atoms with Gasteiger partial charge in [0.2, 0.25) is 0 Å². The molecule has 0 radical (unpaired) electrons. The molecule has 0 aliphatic carbocycles. The molecule has 0 spiro atoms. The van der Waals surface area contributed by atoms with Crippen molar-refractivity contribution in [3.05, 3.63) is 55.8 Å². The topological polar surface area (TPSA) is 83.7 Å². The minimum atomic E-state index is -0.745. The first-order valence-corrected chi connectivity index (χ1v) is 9.58. The molecule has 0 saturated carbocycles. The molecular weight excluding hydrogens is 489 g/mol. The molecule has 1 aromatic heterocycles. The molecule has 2 rings (SSSR count). The van der Waals surface area contributed by atoms with Crippen molar-refractivity contribution < 1.29 is 14.0 Å². The first-order valence-electron chi connectivity index (χ1n) is 7.62. The van der Waals surface area contributed by atoms with E-state index in [9.17, 15) is 9.59 Å². The Kier molecular flexibility index (Phi) is 7.43. The maximum atomic E-state index is 12.4. The zero-order valence-electron chi connectivity index (χ0n) is 13.9. The van der Waals surface area contributed by atoms with Gasteiger partial charge in [0.1, 0.15) is 11.8 Å². The Hall–Kier alpha value is -1.64. The Morgan fingerprint density at radius 3 is 2.42 bits per heavy atom. The van der Waals surface area contributed by atoms with Gasteiger partial charge in [-0.05, 0) is 62.0 Å². The highest BCUT2D eigenvalue weighted by Gasteiger charge is 2.24. The quantitative estimate of drug-likeness (QED) is 0.452. The van der Waals surface area contributed by atoms with Crippen molar-refractivity contribution in [2.45, 2.75) is 19.9 Å². The Morgan fingerprint density at radius 1 is 1.23 bits per heavy atom. The summed E-state index contributed by atoms with van der Waals surface area (Å²) in [6.07, 6.45) is 1.37. The first-order chi connectivity index (χ1) is 12.3. The Morgan fingerprint density at radius 2 is 1.88 bits per heavy atom. The Balaban J connectivity index is 2.00. The summed E-state index contributed by atoms with van der Waals surface area (Å²) in [5, 5.41) is 7.10. The molecule has 0 bridgehead atoms. The fourth-order valence-electron chi connectivity index (χ4n) is 2.02. The van der Waals surface area contributed by atoms with Crippen LogP contribution in [0, 0.1) is 5.92 Å². The molecular formula is C17H16Br2ClN3O3. The van der Waals surface area contributed by atoms with Gasteiger partial charge in [-0.2, -0.15) is 5.10 Å². The molecule has 0 saturated heterocycles. The molecule has 26 heavy (non-hydrogen) atoms. The van der Waals surface area contributed by atoms with Crippen molar-refractivity contribution in [2.24, 2.45) is 11.0 Å². The lowest BCUT2D eigenvalue weighted by atomic mass is 10.0. The maximum Gasteiger partial charge on any atom is 0.262 e. The van der Waals surface area contributed by atoms with E-state index in [1.165, 1.54) is 6.21 Å². The SMILES string of the molecule is CC(C)C(NC(=O)c1ccc(Cl)cc1)C(=O)NN=Cc1cc(Br)c(Br)o1. The lowest BCUT2D eigenvalue weighted by molar-refractivity contribution is -0.123. The van der Waals surface area contributed by atoms with Crippen LogP contribution in [0.1, 0.15) is 30.0 Å². The average Bonchev–Trinajstić information content (AvgIpc) is 2.90. The molecule has 9 heteroatoms. The molecule has 1 atom stereocenters. The second-order valence-electron chi connectivity index (χ2n) is 5.71. The van der Waals surface area contributed by atoms with Crippen LogP contribution >= 0.6 is 43.5 Å². The van der Waals surface area contributed by atoms with Gasteiger partial charge in [-0.25, -0.2) is 5.43 Å². The van der Waals surface area contributed by atoms with Crippen molar-refractivity contribution in [3.63, 3.8) is 0 Å². The summed E-state index contributed by atoms with van der Waals surface area (Å²) in [5.74, 6) is -0.467. The summed E-state index contributed by atoms with van der Waals surface area (Å²) in [7, 11) is 0. The van der Waals surface area contributed by atoms with E-state index < -0.39 is 11.9 Å². The smallest absolute Gasteiger partial charge is 0.262 e. The highest BCUT2D eigenvalue weighted by atomic mass is 79.9. The number of hydrogen-bond acceptors (Lipinski definition) is 4. The van der Waals surface area contributed by atoms with E-state index in [0.29, 0.717) is 21.0 Å². The van der Waals surface area contributed by atoms with E-state index in [1.54, 1.807) is 30.3 Å². The number of hydrazone groups is 1. The molecule has 6 nitrogen and oxygen atoms in total. The molecule has 2 N–H and O–H groups in total. The number of benzene rings is 1. The van der Waals surface area contributed by atoms with Crippen molar-refractivity contribution in [1.82, 2.24) is 10.7 Å². The molecule has 2 amide bonds. The van der Waals surface area contributed by atoms with Gasteiger partial charge in [-0.15, -0.1) is 0 Å². The molecule has 0 aliphatic heterocycles. The van der Waals surface area contributed by atoms with E-state index >= 15 is 0 Å². The third-order valence-corrected chi connectivity index (χ3v) is 5.34. The van der Waals surface area contributed by atoms with Crippen LogP contribution in [0.5, 0.6) is 0 Å². The maximum absolute atomic E-state index is 12.4. The number of carbonyl (C=O) groups excluding carboxylic acids is 2. The summed E-state index contributed by atoms with van der Waals surface area (Å²) >= 11 is 12.3. The van der Waals surface area contributed by atoms with Crippen molar-refractivity contribution in [1.29, 1.82) is 0 Å². The van der Waals surface area contributed by atoms with Crippen LogP contribution in [0.4, 0.5) is 0 Å². The van der Waals surface area contributed by atoms with E-state index in [0.717, 1.165) is 4.47 Å². The summed E-state index contributed by atoms with van der Waals surface area (Å²) < 4.78 is 6.59. The molecule has 1 aromatic carbocycles. The van der Waals surface area contributed by atoms with E-state index in [2.05, 4.69) is 47.7 Å². The van der Waals surface area contributed by atoms with Crippen LogP contribution in [0.3, 0.4) is 0 Å². The number of hydrogen-bond donors (Lipinski definition) is 2. The number of halogens is 3. The van der Waals surface area contributed by atoms with Crippen LogP contribution in [0.25, 0.3) is 0 Å². The van der Waals surface area contributed by atoms with Gasteiger partial charge in [0.25, 0.3) is 11.8 Å². The third-order valence-electron chi connectivity index (χ3n) is 3.37. The molecule has 2 aromatic rings. The van der Waals surface area contributed by atoms with Gasteiger partial charge in [0.05, 0.1) is 10.7 Å². The molecule has 1 unspecified atom stereocenters. The first kappa shape index (κ1) is 20.7. The van der Waals surface area contributed by atoms with Gasteiger partial charge in [0, 0.05) is 16.7 Å². The number of rotatable bonds is 6. The van der Waals surface area contributed by atoms with Gasteiger partial charge in [-0.1, -0.05) is 25.4 Å². The summed E-state index contributed by atoms with van der Waals surface area (Å²) in [6.45, 7) is 3.66. The minimum absolute atomic E-state index is 0.131.